The van der Waals surface area contributed by atoms with Crippen LogP contribution in [0, 0.1) is 24.6 Å². The highest BCUT2D eigenvalue weighted by atomic mass is 32.1. The second kappa shape index (κ2) is 12.3. The number of hydrogen-bond donors (Lipinski definition) is 0. The number of nitrogens with zero attached hydrogens (tertiary/aromatic N) is 2. The number of fused-ring (bicyclic) bond motifs is 1. The standard InChI is InChI=1S/C30H29F7N2O4S/c1-4-41-26(40)24-11-38-28(44-24)39-12-18-14-42-27(25(23(18)13-39)22-6-5-21(31)7-15(22)2)43-16(3)17-8-19(29(32,33)34)10-20(9-17)30(35,36)37/h5-11,16,18,23,25,27H,4,12-14H2,1-3H3/t16-,18+,23-,25+,27-/m1/s1. The number of aryl methyl sites for hydroxylation is 1. The molecule has 238 valence electrons. The van der Waals surface area contributed by atoms with E-state index in [0.717, 1.165) is 0 Å². The number of halogens is 7. The van der Waals surface area contributed by atoms with E-state index in [-0.39, 0.29) is 36.7 Å². The molecule has 2 fully saturated rings. The molecule has 2 aliphatic rings. The lowest BCUT2D eigenvalue weighted by Gasteiger charge is -2.41. The van der Waals surface area contributed by atoms with E-state index >= 15 is 0 Å². The molecule has 0 unspecified atom stereocenters. The van der Waals surface area contributed by atoms with Crippen molar-refractivity contribution in [2.75, 3.05) is 31.2 Å². The van der Waals surface area contributed by atoms with E-state index in [1.54, 1.807) is 19.9 Å². The maximum atomic E-state index is 14.1. The molecule has 2 aliphatic heterocycles. The lowest BCUT2D eigenvalue weighted by Crippen LogP contribution is -2.42. The number of alkyl halides is 6. The molecule has 5 rings (SSSR count). The maximum Gasteiger partial charge on any atom is 0.416 e. The predicted molar refractivity (Wildman–Crippen MR) is 147 cm³/mol. The average Bonchev–Trinajstić information content (AvgIpc) is 3.60. The van der Waals surface area contributed by atoms with Gasteiger partial charge in [0.2, 0.25) is 0 Å². The first-order chi connectivity index (χ1) is 20.7. The molecule has 0 bridgehead atoms. The third kappa shape index (κ3) is 6.71. The van der Waals surface area contributed by atoms with E-state index in [1.807, 2.05) is 4.90 Å². The molecule has 0 N–H and O–H groups in total. The van der Waals surface area contributed by atoms with Crippen LogP contribution in [-0.4, -0.2) is 43.5 Å². The number of carbonyl (C=O) groups is 1. The van der Waals surface area contributed by atoms with Crippen molar-refractivity contribution in [2.24, 2.45) is 11.8 Å². The lowest BCUT2D eigenvalue weighted by atomic mass is 9.76. The molecule has 2 aromatic carbocycles. The number of rotatable bonds is 7. The Balaban J connectivity index is 1.46. The van der Waals surface area contributed by atoms with Gasteiger partial charge in [-0.15, -0.1) is 0 Å². The highest BCUT2D eigenvalue weighted by molar-refractivity contribution is 7.17. The highest BCUT2D eigenvalue weighted by Gasteiger charge is 2.48. The Morgan fingerprint density at radius 3 is 2.39 bits per heavy atom. The number of thiazole rings is 1. The molecule has 0 spiro atoms. The number of benzene rings is 2. The van der Waals surface area contributed by atoms with Gasteiger partial charge < -0.3 is 19.1 Å². The number of esters is 1. The molecule has 0 aliphatic carbocycles. The van der Waals surface area contributed by atoms with Crippen LogP contribution in [0.3, 0.4) is 0 Å². The summed E-state index contributed by atoms with van der Waals surface area (Å²) in [6, 6.07) is 5.59. The van der Waals surface area contributed by atoms with Crippen molar-refractivity contribution < 1.29 is 49.7 Å². The largest absolute Gasteiger partial charge is 0.462 e. The van der Waals surface area contributed by atoms with Gasteiger partial charge in [-0.1, -0.05) is 17.4 Å². The predicted octanol–water partition coefficient (Wildman–Crippen LogP) is 7.78. The lowest BCUT2D eigenvalue weighted by molar-refractivity contribution is -0.217. The van der Waals surface area contributed by atoms with Crippen LogP contribution in [0.15, 0.2) is 42.6 Å². The van der Waals surface area contributed by atoms with Gasteiger partial charge in [0.05, 0.1) is 36.6 Å². The second-order valence-electron chi connectivity index (χ2n) is 10.9. The van der Waals surface area contributed by atoms with Gasteiger partial charge in [-0.05, 0) is 73.7 Å². The fraction of sp³-hybridized carbons (Fsp3) is 0.467. The average molecular weight is 647 g/mol. The van der Waals surface area contributed by atoms with Crippen LogP contribution in [0.4, 0.5) is 35.9 Å². The minimum absolute atomic E-state index is 0.0556. The Hall–Kier alpha value is -3.23. The zero-order chi connectivity index (χ0) is 32.0. The molecular formula is C30H29F7N2O4S. The van der Waals surface area contributed by atoms with E-state index in [1.165, 1.54) is 36.6 Å². The van der Waals surface area contributed by atoms with Crippen LogP contribution in [0.1, 0.15) is 63.4 Å². The minimum atomic E-state index is -5.01. The topological polar surface area (TPSA) is 60.9 Å². The Bertz CT molecular complexity index is 1480. The monoisotopic (exact) mass is 646 g/mol. The SMILES string of the molecule is CCOC(=O)c1cnc(N2C[C@H]3CO[C@H](O[C@H](C)c4cc(C(F)(F)F)cc(C(F)(F)F)c4)[C@@H](c4ccc(F)cc4C)[C@@H]3C2)s1. The normalized spacial score (nSPS) is 23.0. The zero-order valence-electron chi connectivity index (χ0n) is 23.8. The third-order valence-electron chi connectivity index (χ3n) is 7.97. The van der Waals surface area contributed by atoms with Crippen molar-refractivity contribution in [1.82, 2.24) is 4.98 Å². The van der Waals surface area contributed by atoms with E-state index in [2.05, 4.69) is 4.98 Å². The van der Waals surface area contributed by atoms with Crippen molar-refractivity contribution in [3.63, 3.8) is 0 Å². The number of aromatic nitrogens is 1. The van der Waals surface area contributed by atoms with E-state index in [4.69, 9.17) is 14.2 Å². The van der Waals surface area contributed by atoms with Gasteiger partial charge in [0.15, 0.2) is 11.4 Å². The summed E-state index contributed by atoms with van der Waals surface area (Å²) in [6.07, 6.45) is -10.9. The van der Waals surface area contributed by atoms with Crippen LogP contribution in [0.2, 0.25) is 0 Å². The van der Waals surface area contributed by atoms with E-state index < -0.39 is 53.6 Å². The van der Waals surface area contributed by atoms with Gasteiger partial charge in [-0.25, -0.2) is 14.2 Å². The van der Waals surface area contributed by atoms with Crippen LogP contribution >= 0.6 is 11.3 Å². The Morgan fingerprint density at radius 2 is 1.77 bits per heavy atom. The molecule has 44 heavy (non-hydrogen) atoms. The van der Waals surface area contributed by atoms with Crippen LogP contribution in [0.5, 0.6) is 0 Å². The quantitative estimate of drug-likeness (QED) is 0.193. The molecule has 3 aromatic rings. The first-order valence-corrected chi connectivity index (χ1v) is 14.7. The highest BCUT2D eigenvalue weighted by Crippen LogP contribution is 2.47. The molecule has 5 atom stereocenters. The summed E-state index contributed by atoms with van der Waals surface area (Å²) < 4.78 is 113. The van der Waals surface area contributed by atoms with Gasteiger partial charge in [0.1, 0.15) is 10.7 Å². The van der Waals surface area contributed by atoms with Crippen LogP contribution < -0.4 is 4.90 Å². The van der Waals surface area contributed by atoms with Crippen molar-refractivity contribution in [3.05, 3.63) is 81.1 Å². The number of anilines is 1. The molecular weight excluding hydrogens is 617 g/mol. The van der Waals surface area contributed by atoms with Crippen molar-refractivity contribution in [2.45, 2.75) is 51.4 Å². The molecule has 1 aromatic heterocycles. The fourth-order valence-corrected chi connectivity index (χ4v) is 6.70. The van der Waals surface area contributed by atoms with Gasteiger partial charge in [-0.3, -0.25) is 0 Å². The third-order valence-corrected chi connectivity index (χ3v) is 9.01. The summed E-state index contributed by atoms with van der Waals surface area (Å²) in [4.78, 5) is 18.9. The summed E-state index contributed by atoms with van der Waals surface area (Å²) >= 11 is 1.18. The molecule has 3 heterocycles. The smallest absolute Gasteiger partial charge is 0.416 e. The van der Waals surface area contributed by atoms with Gasteiger partial charge in [0.25, 0.3) is 0 Å². The number of carbonyl (C=O) groups excluding carboxylic acids is 1. The Labute approximate surface area is 252 Å². The summed E-state index contributed by atoms with van der Waals surface area (Å²) in [5.41, 5.74) is -1.91. The zero-order valence-corrected chi connectivity index (χ0v) is 24.7. The second-order valence-corrected chi connectivity index (χ2v) is 11.9. The molecule has 14 heteroatoms. The van der Waals surface area contributed by atoms with Crippen LogP contribution in [0.25, 0.3) is 0 Å². The Morgan fingerprint density at radius 1 is 1.09 bits per heavy atom. The van der Waals surface area contributed by atoms with Gasteiger partial charge >= 0.3 is 18.3 Å². The summed E-state index contributed by atoms with van der Waals surface area (Å²) in [5.74, 6) is -1.70. The van der Waals surface area contributed by atoms with Crippen molar-refractivity contribution in [3.8, 4) is 0 Å². The molecule has 2 saturated heterocycles. The first-order valence-electron chi connectivity index (χ1n) is 13.9. The van der Waals surface area contributed by atoms with Crippen LogP contribution in [-0.2, 0) is 26.6 Å². The summed E-state index contributed by atoms with van der Waals surface area (Å²) in [6.45, 7) is 6.15. The van der Waals surface area contributed by atoms with Gasteiger partial charge in [0, 0.05) is 24.9 Å². The molecule has 0 radical (unpaired) electrons. The maximum absolute atomic E-state index is 14.1. The molecule has 6 nitrogen and oxygen atoms in total. The van der Waals surface area contributed by atoms with E-state index in [0.29, 0.717) is 46.4 Å². The van der Waals surface area contributed by atoms with Crippen molar-refractivity contribution >= 4 is 22.4 Å². The van der Waals surface area contributed by atoms with Gasteiger partial charge in [-0.2, -0.15) is 26.3 Å². The summed E-state index contributed by atoms with van der Waals surface area (Å²) in [7, 11) is 0. The Kier molecular flexibility index (Phi) is 8.98. The summed E-state index contributed by atoms with van der Waals surface area (Å²) in [5, 5.41) is 0.589. The van der Waals surface area contributed by atoms with E-state index in [9.17, 15) is 35.5 Å². The fourth-order valence-electron chi connectivity index (χ4n) is 5.88. The molecule has 0 amide bonds. The number of ether oxygens (including phenoxy) is 3. The first kappa shape index (κ1) is 32.2. The number of hydrogen-bond acceptors (Lipinski definition) is 7. The van der Waals surface area contributed by atoms with Crippen molar-refractivity contribution in [1.29, 1.82) is 0 Å². The molecule has 0 saturated carbocycles. The minimum Gasteiger partial charge on any atom is -0.462 e.